The van der Waals surface area contributed by atoms with Crippen LogP contribution in [0.1, 0.15) is 6.99 Å². The molecule has 0 N–H and O–H groups in total. The van der Waals surface area contributed by atoms with Crippen LogP contribution >= 0.6 is 0 Å². The molecule has 0 amide bonds. The van der Waals surface area contributed by atoms with Gasteiger partial charge in [0.25, 0.3) is 0 Å². The molecular weight excluding hydrogens is 121 g/mol. The molecule has 0 atom stereocenters. The van der Waals surface area contributed by atoms with Crippen LogP contribution in [0.4, 0.5) is 0 Å². The second-order valence-electron chi connectivity index (χ2n) is 1.48. The van der Waals surface area contributed by atoms with Crippen molar-refractivity contribution in [1.29, 1.82) is 5.26 Å². The van der Waals surface area contributed by atoms with Crippen LogP contribution in [0.3, 0.4) is 0 Å². The summed E-state index contributed by atoms with van der Waals surface area (Å²) in [5.74, 6) is 0. The van der Waals surface area contributed by atoms with Gasteiger partial charge in [0.15, 0.2) is 0 Å². The summed E-state index contributed by atoms with van der Waals surface area (Å²) >= 11 is 0. The second-order valence-corrected chi connectivity index (χ2v) is 1.48. The van der Waals surface area contributed by atoms with E-state index in [0.29, 0.717) is 5.56 Å². The summed E-state index contributed by atoms with van der Waals surface area (Å²) in [4.78, 5) is 0. The molecule has 0 aliphatic heterocycles. The smallest absolute Gasteiger partial charge is 1.00 e. The zero-order chi connectivity index (χ0) is 5.82. The van der Waals surface area contributed by atoms with Crippen LogP contribution in [0.25, 0.3) is 0 Å². The average molecular weight is 127 g/mol. The summed E-state index contributed by atoms with van der Waals surface area (Å²) in [6.45, 7) is 0. The Labute approximate surface area is 78.1 Å². The normalized spacial score (nSPS) is 7.00. The first-order valence-electron chi connectivity index (χ1n) is 2.38. The maximum absolute atomic E-state index is 8.29. The number of hydrogen-bond donors (Lipinski definition) is 0. The number of hydrogen-bond acceptors (Lipinski definition) is 1. The maximum atomic E-state index is 8.29. The summed E-state index contributed by atoms with van der Waals surface area (Å²) in [6, 6.07) is 11.2. The van der Waals surface area contributed by atoms with E-state index in [1.807, 2.05) is 24.3 Å². The van der Waals surface area contributed by atoms with E-state index in [0.717, 1.165) is 0 Å². The maximum Gasteiger partial charge on any atom is 1.00 e. The van der Waals surface area contributed by atoms with Crippen molar-refractivity contribution in [2.24, 2.45) is 0 Å². The van der Waals surface area contributed by atoms with E-state index in [1.165, 1.54) is 0 Å². The van der Waals surface area contributed by atoms with Gasteiger partial charge in [-0.15, -0.1) is 0 Å². The number of nitrogens with zero attached hydrogens (tertiary/aromatic N) is 1. The molecule has 0 radical (unpaired) electrons. The molecule has 0 aromatic heterocycles. The van der Waals surface area contributed by atoms with Crippen molar-refractivity contribution in [3.05, 3.63) is 35.9 Å². The molecule has 0 heterocycles. The van der Waals surface area contributed by atoms with Gasteiger partial charge in [0.2, 0.25) is 0 Å². The van der Waals surface area contributed by atoms with Crippen molar-refractivity contribution >= 4 is 0 Å². The van der Waals surface area contributed by atoms with Gasteiger partial charge in [-0.1, -0.05) is 18.2 Å². The van der Waals surface area contributed by atoms with Crippen LogP contribution in [0.5, 0.6) is 0 Å². The molecule has 2 heteroatoms. The Hall–Kier alpha value is -0.290. The summed E-state index contributed by atoms with van der Waals surface area (Å²) < 4.78 is 0. The minimum absolute atomic E-state index is 0. The molecule has 0 unspecified atom stereocenters. The second kappa shape index (κ2) is 4.58. The van der Waals surface area contributed by atoms with Crippen LogP contribution in [0, 0.1) is 11.3 Å². The van der Waals surface area contributed by atoms with Gasteiger partial charge in [0, 0.05) is 0 Å². The van der Waals surface area contributed by atoms with E-state index in [2.05, 4.69) is 0 Å². The molecule has 1 aromatic rings. The average Bonchev–Trinajstić information content (AvgIpc) is 1.90. The van der Waals surface area contributed by atoms with Crippen LogP contribution in [-0.4, -0.2) is 0 Å². The van der Waals surface area contributed by atoms with Crippen molar-refractivity contribution in [3.8, 4) is 6.07 Å². The van der Waals surface area contributed by atoms with Crippen molar-refractivity contribution in [3.63, 3.8) is 0 Å². The fourth-order valence-electron chi connectivity index (χ4n) is 0.513. The fraction of sp³-hybridized carbons (Fsp3) is 0. The third-order valence-electron chi connectivity index (χ3n) is 0.903. The van der Waals surface area contributed by atoms with Gasteiger partial charge in [0.1, 0.15) is 0 Å². The summed E-state index contributed by atoms with van der Waals surface area (Å²) in [6.07, 6.45) is 0. The monoisotopic (exact) mass is 127 g/mol. The third-order valence-corrected chi connectivity index (χ3v) is 0.903. The molecule has 0 saturated carbocycles. The van der Waals surface area contributed by atoms with Gasteiger partial charge in [0.05, 0.1) is 11.6 Å². The number of rotatable bonds is 0. The van der Waals surface area contributed by atoms with Gasteiger partial charge in [-0.2, -0.15) is 5.26 Å². The SMILES string of the molecule is N#Cc1ccccc1.[H-].[Na+]. The van der Waals surface area contributed by atoms with Gasteiger partial charge in [-0.05, 0) is 12.1 Å². The molecule has 1 rings (SSSR count). The van der Waals surface area contributed by atoms with E-state index in [4.69, 9.17) is 5.26 Å². The van der Waals surface area contributed by atoms with Crippen LogP contribution < -0.4 is 29.6 Å². The Morgan fingerprint density at radius 1 is 1.22 bits per heavy atom. The van der Waals surface area contributed by atoms with Crippen LogP contribution in [0.15, 0.2) is 30.3 Å². The van der Waals surface area contributed by atoms with E-state index in [1.54, 1.807) is 12.1 Å². The third kappa shape index (κ3) is 2.67. The van der Waals surface area contributed by atoms with Gasteiger partial charge in [-0.25, -0.2) is 0 Å². The zero-order valence-electron chi connectivity index (χ0n) is 6.33. The van der Waals surface area contributed by atoms with Crippen molar-refractivity contribution < 1.29 is 31.0 Å². The van der Waals surface area contributed by atoms with Crippen LogP contribution in [-0.2, 0) is 0 Å². The van der Waals surface area contributed by atoms with E-state index >= 15 is 0 Å². The Balaban J connectivity index is 0. The van der Waals surface area contributed by atoms with Crippen LogP contribution in [0.2, 0.25) is 0 Å². The molecule has 0 aliphatic carbocycles. The van der Waals surface area contributed by atoms with Crippen molar-refractivity contribution in [2.45, 2.75) is 0 Å². The van der Waals surface area contributed by atoms with E-state index < -0.39 is 0 Å². The summed E-state index contributed by atoms with van der Waals surface area (Å²) in [7, 11) is 0. The molecule has 0 aliphatic rings. The van der Waals surface area contributed by atoms with E-state index in [9.17, 15) is 0 Å². The Bertz CT molecular complexity index is 205. The quantitative estimate of drug-likeness (QED) is 0.396. The predicted octanol–water partition coefficient (Wildman–Crippen LogP) is -1.33. The first-order valence-corrected chi connectivity index (χ1v) is 2.38. The Kier molecular flexibility index (Phi) is 4.43. The topological polar surface area (TPSA) is 23.8 Å². The molecule has 9 heavy (non-hydrogen) atoms. The molecule has 0 saturated heterocycles. The molecule has 1 nitrogen and oxygen atoms in total. The molecule has 1 aromatic carbocycles. The van der Waals surface area contributed by atoms with Gasteiger partial charge in [-0.3, -0.25) is 0 Å². The number of benzene rings is 1. The molecule has 0 spiro atoms. The predicted molar refractivity (Wildman–Crippen MR) is 32.3 cm³/mol. The minimum Gasteiger partial charge on any atom is -1.00 e. The first-order chi connectivity index (χ1) is 3.93. The first kappa shape index (κ1) is 8.71. The largest absolute Gasteiger partial charge is 1.00 e. The standard InChI is InChI=1S/C7H5N.Na.H/c8-6-7-4-2-1-3-5-7;;/h1-5H;;/q;+1;-1. The molecule has 40 valence electrons. The molecule has 0 bridgehead atoms. The summed E-state index contributed by atoms with van der Waals surface area (Å²) in [5.41, 5.74) is 0.715. The molecular formula is C7H6NNa. The Morgan fingerprint density at radius 2 is 1.78 bits per heavy atom. The Morgan fingerprint density at radius 3 is 2.11 bits per heavy atom. The minimum atomic E-state index is 0. The van der Waals surface area contributed by atoms with Crippen molar-refractivity contribution in [2.75, 3.05) is 0 Å². The van der Waals surface area contributed by atoms with Crippen molar-refractivity contribution in [1.82, 2.24) is 0 Å². The van der Waals surface area contributed by atoms with Gasteiger partial charge >= 0.3 is 29.6 Å². The van der Waals surface area contributed by atoms with E-state index in [-0.39, 0.29) is 31.0 Å². The summed E-state index contributed by atoms with van der Waals surface area (Å²) in [5, 5.41) is 8.29. The fourth-order valence-corrected chi connectivity index (χ4v) is 0.513. The molecule has 0 fully saturated rings. The number of nitriles is 1. The van der Waals surface area contributed by atoms with Gasteiger partial charge < -0.3 is 1.43 Å². The zero-order valence-corrected chi connectivity index (χ0v) is 7.33.